The highest BCUT2D eigenvalue weighted by Gasteiger charge is 2.39. The fraction of sp³-hybridized carbons (Fsp3) is 0.444. The Balaban J connectivity index is 1.67. The van der Waals surface area contributed by atoms with Crippen molar-refractivity contribution in [1.82, 2.24) is 14.7 Å². The number of carbonyl (C=O) groups is 1. The number of benzene rings is 1. The predicted molar refractivity (Wildman–Crippen MR) is 101 cm³/mol. The quantitative estimate of drug-likeness (QED) is 0.718. The standard InChI is InChI=1S/C18H18BrClF3N3O2/c1-11-15(20)16(18(21,22)23)24-26(11)10-14(27)25-8-6-17(28,7-9-25)12-2-4-13(19)5-3-12/h2-5,28H,6-10H2,1H3. The van der Waals surface area contributed by atoms with Crippen LogP contribution in [-0.4, -0.2) is 38.8 Å². The first-order chi connectivity index (χ1) is 13.0. The lowest BCUT2D eigenvalue weighted by Gasteiger charge is -2.38. The highest BCUT2D eigenvalue weighted by Crippen LogP contribution is 2.36. The van der Waals surface area contributed by atoms with Gasteiger partial charge in [-0.3, -0.25) is 9.48 Å². The van der Waals surface area contributed by atoms with Crippen LogP contribution in [0, 0.1) is 6.92 Å². The number of rotatable bonds is 3. The molecular formula is C18H18BrClF3N3O2. The van der Waals surface area contributed by atoms with E-state index in [1.54, 1.807) is 0 Å². The first kappa shape index (κ1) is 21.1. The minimum absolute atomic E-state index is 0.0886. The van der Waals surface area contributed by atoms with Gasteiger partial charge < -0.3 is 10.0 Å². The van der Waals surface area contributed by atoms with Gasteiger partial charge in [0.25, 0.3) is 0 Å². The van der Waals surface area contributed by atoms with Gasteiger partial charge in [-0.25, -0.2) is 0 Å². The number of aromatic nitrogens is 2. The molecule has 2 heterocycles. The zero-order valence-electron chi connectivity index (χ0n) is 14.9. The molecule has 0 spiro atoms. The molecule has 0 bridgehead atoms. The van der Waals surface area contributed by atoms with Crippen molar-refractivity contribution in [2.24, 2.45) is 0 Å². The summed E-state index contributed by atoms with van der Waals surface area (Å²) in [7, 11) is 0. The van der Waals surface area contributed by atoms with Crippen molar-refractivity contribution in [1.29, 1.82) is 0 Å². The zero-order valence-corrected chi connectivity index (χ0v) is 17.3. The summed E-state index contributed by atoms with van der Waals surface area (Å²) in [5.41, 5.74) is -1.37. The molecule has 0 atom stereocenters. The number of hydrogen-bond donors (Lipinski definition) is 1. The van der Waals surface area contributed by atoms with E-state index >= 15 is 0 Å². The fourth-order valence-electron chi connectivity index (χ4n) is 3.26. The van der Waals surface area contributed by atoms with Gasteiger partial charge in [-0.05, 0) is 37.5 Å². The minimum Gasteiger partial charge on any atom is -0.385 e. The maximum Gasteiger partial charge on any atom is 0.436 e. The fourth-order valence-corrected chi connectivity index (χ4v) is 3.77. The lowest BCUT2D eigenvalue weighted by molar-refractivity contribution is -0.142. The minimum atomic E-state index is -4.68. The van der Waals surface area contributed by atoms with Gasteiger partial charge in [0.05, 0.1) is 16.3 Å². The summed E-state index contributed by atoms with van der Waals surface area (Å²) < 4.78 is 40.6. The van der Waals surface area contributed by atoms with E-state index in [0.717, 1.165) is 14.7 Å². The number of piperidine rings is 1. The molecule has 5 nitrogen and oxygen atoms in total. The Morgan fingerprint density at radius 2 is 1.86 bits per heavy atom. The van der Waals surface area contributed by atoms with E-state index < -0.39 is 22.5 Å². The third kappa shape index (κ3) is 4.21. The summed E-state index contributed by atoms with van der Waals surface area (Å²) in [4.78, 5) is 14.1. The van der Waals surface area contributed by atoms with Gasteiger partial charge in [0, 0.05) is 17.6 Å². The van der Waals surface area contributed by atoms with Gasteiger partial charge >= 0.3 is 6.18 Å². The average Bonchev–Trinajstić information content (AvgIpc) is 2.91. The zero-order chi connectivity index (χ0) is 20.7. The smallest absolute Gasteiger partial charge is 0.385 e. The third-order valence-corrected chi connectivity index (χ3v) is 5.99. The number of amides is 1. The molecule has 1 fully saturated rings. The molecule has 10 heteroatoms. The van der Waals surface area contributed by atoms with Crippen LogP contribution in [0.1, 0.15) is 29.8 Å². The van der Waals surface area contributed by atoms with E-state index in [4.69, 9.17) is 11.6 Å². The molecule has 152 valence electrons. The Bertz CT molecular complexity index is 875. The molecule has 1 amide bonds. The Kier molecular flexibility index (Phi) is 5.80. The van der Waals surface area contributed by atoms with Crippen LogP contribution in [0.15, 0.2) is 28.7 Å². The average molecular weight is 481 g/mol. The van der Waals surface area contributed by atoms with Crippen molar-refractivity contribution in [3.63, 3.8) is 0 Å². The van der Waals surface area contributed by atoms with Crippen LogP contribution in [0.25, 0.3) is 0 Å². The van der Waals surface area contributed by atoms with E-state index in [0.29, 0.717) is 25.9 Å². The van der Waals surface area contributed by atoms with Crippen molar-refractivity contribution in [2.45, 2.75) is 38.1 Å². The SMILES string of the molecule is Cc1c(Cl)c(C(F)(F)F)nn1CC(=O)N1CCC(O)(c2ccc(Br)cc2)CC1. The van der Waals surface area contributed by atoms with Gasteiger partial charge in [-0.1, -0.05) is 39.7 Å². The summed E-state index contributed by atoms with van der Waals surface area (Å²) in [6.45, 7) is 1.65. The molecule has 1 aromatic carbocycles. The van der Waals surface area contributed by atoms with Gasteiger partial charge in [0.15, 0.2) is 5.69 Å². The van der Waals surface area contributed by atoms with Crippen molar-refractivity contribution in [3.05, 3.63) is 50.7 Å². The normalized spacial score (nSPS) is 17.0. The number of carbonyl (C=O) groups excluding carboxylic acids is 1. The number of halogens is 5. The number of hydrogen-bond acceptors (Lipinski definition) is 3. The lowest BCUT2D eigenvalue weighted by atomic mass is 9.84. The number of aliphatic hydroxyl groups is 1. The summed E-state index contributed by atoms with van der Waals surface area (Å²) >= 11 is 9.07. The first-order valence-electron chi connectivity index (χ1n) is 8.57. The molecule has 3 rings (SSSR count). The summed E-state index contributed by atoms with van der Waals surface area (Å²) in [5, 5.41) is 13.8. The van der Waals surface area contributed by atoms with Crippen molar-refractivity contribution in [2.75, 3.05) is 13.1 Å². The molecule has 28 heavy (non-hydrogen) atoms. The maximum absolute atomic E-state index is 12.9. The van der Waals surface area contributed by atoms with Gasteiger partial charge in [-0.2, -0.15) is 18.3 Å². The second kappa shape index (κ2) is 7.68. The second-order valence-electron chi connectivity index (χ2n) is 6.82. The van der Waals surface area contributed by atoms with Crippen LogP contribution in [0.5, 0.6) is 0 Å². The van der Waals surface area contributed by atoms with Crippen LogP contribution >= 0.6 is 27.5 Å². The summed E-state index contributed by atoms with van der Waals surface area (Å²) in [5.74, 6) is -0.367. The number of alkyl halides is 3. The lowest BCUT2D eigenvalue weighted by Crippen LogP contribution is -2.46. The van der Waals surface area contributed by atoms with E-state index in [-0.39, 0.29) is 18.1 Å². The molecule has 2 aromatic rings. The van der Waals surface area contributed by atoms with Gasteiger partial charge in [0.1, 0.15) is 6.54 Å². The highest BCUT2D eigenvalue weighted by molar-refractivity contribution is 9.10. The Morgan fingerprint density at radius 1 is 1.29 bits per heavy atom. The van der Waals surface area contributed by atoms with Crippen molar-refractivity contribution < 1.29 is 23.1 Å². The van der Waals surface area contributed by atoms with Crippen LogP contribution in [-0.2, 0) is 23.1 Å². The number of nitrogens with zero attached hydrogens (tertiary/aromatic N) is 3. The maximum atomic E-state index is 12.9. The first-order valence-corrected chi connectivity index (χ1v) is 9.75. The summed E-state index contributed by atoms with van der Waals surface area (Å²) in [6.07, 6.45) is -4.00. The predicted octanol–water partition coefficient (Wildman–Crippen LogP) is 4.14. The molecular weight excluding hydrogens is 463 g/mol. The summed E-state index contributed by atoms with van der Waals surface area (Å²) in [6, 6.07) is 7.34. The number of likely N-dealkylation sites (tertiary alicyclic amines) is 1. The molecule has 0 radical (unpaired) electrons. The topological polar surface area (TPSA) is 58.4 Å². The molecule has 1 aromatic heterocycles. The largest absolute Gasteiger partial charge is 0.436 e. The van der Waals surface area contributed by atoms with Crippen LogP contribution in [0.4, 0.5) is 13.2 Å². The second-order valence-corrected chi connectivity index (χ2v) is 8.12. The third-order valence-electron chi connectivity index (χ3n) is 5.01. The van der Waals surface area contributed by atoms with Crippen LogP contribution in [0.3, 0.4) is 0 Å². The molecule has 1 N–H and O–H groups in total. The van der Waals surface area contributed by atoms with Crippen molar-refractivity contribution >= 4 is 33.4 Å². The van der Waals surface area contributed by atoms with E-state index in [1.165, 1.54) is 11.8 Å². The van der Waals surface area contributed by atoms with E-state index in [1.807, 2.05) is 24.3 Å². The highest BCUT2D eigenvalue weighted by atomic mass is 79.9. The molecule has 1 aliphatic rings. The molecule has 1 saturated heterocycles. The Labute approximate surface area is 173 Å². The molecule has 0 unspecified atom stereocenters. The molecule has 0 saturated carbocycles. The van der Waals surface area contributed by atoms with Crippen LogP contribution in [0.2, 0.25) is 5.02 Å². The van der Waals surface area contributed by atoms with Crippen LogP contribution < -0.4 is 0 Å². The van der Waals surface area contributed by atoms with E-state index in [9.17, 15) is 23.1 Å². The van der Waals surface area contributed by atoms with Crippen molar-refractivity contribution in [3.8, 4) is 0 Å². The Hall–Kier alpha value is -1.58. The van der Waals surface area contributed by atoms with Gasteiger partial charge in [-0.15, -0.1) is 0 Å². The molecule has 0 aliphatic carbocycles. The molecule has 1 aliphatic heterocycles. The monoisotopic (exact) mass is 479 g/mol. The van der Waals surface area contributed by atoms with Gasteiger partial charge in [0.2, 0.25) is 5.91 Å². The Morgan fingerprint density at radius 3 is 2.36 bits per heavy atom. The van der Waals surface area contributed by atoms with E-state index in [2.05, 4.69) is 21.0 Å².